The first kappa shape index (κ1) is 20.3. The smallest absolute Gasteiger partial charge is 0.258 e. The fourth-order valence-electron chi connectivity index (χ4n) is 2.48. The minimum atomic E-state index is -2.31. The Morgan fingerprint density at radius 3 is 2.39 bits per heavy atom. The summed E-state index contributed by atoms with van der Waals surface area (Å²) in [7, 11) is 0. The Bertz CT molecular complexity index is 911. The number of halogens is 6. The molecule has 0 radical (unpaired) electrons. The molecule has 0 aliphatic carbocycles. The highest BCUT2D eigenvalue weighted by Gasteiger charge is 2.27. The van der Waals surface area contributed by atoms with Crippen LogP contribution in [0, 0.1) is 29.1 Å². The van der Waals surface area contributed by atoms with Gasteiger partial charge in [0.05, 0.1) is 6.61 Å². The van der Waals surface area contributed by atoms with Crippen molar-refractivity contribution in [3.8, 4) is 11.5 Å². The van der Waals surface area contributed by atoms with E-state index in [1.54, 1.807) is 12.1 Å². The van der Waals surface area contributed by atoms with Gasteiger partial charge in [0.25, 0.3) is 5.91 Å². The Balaban J connectivity index is 1.66. The second-order valence-electron chi connectivity index (χ2n) is 5.63. The van der Waals surface area contributed by atoms with Crippen LogP contribution in [-0.2, 0) is 22.7 Å². The molecular weight excluding hydrogens is 457 g/mol. The summed E-state index contributed by atoms with van der Waals surface area (Å²) in [5, 5.41) is 2.41. The van der Waals surface area contributed by atoms with Crippen molar-refractivity contribution in [1.29, 1.82) is 0 Å². The molecule has 1 heterocycles. The van der Waals surface area contributed by atoms with Crippen molar-refractivity contribution in [2.45, 2.75) is 13.2 Å². The second-order valence-corrected chi connectivity index (χ2v) is 6.54. The normalized spacial score (nSPS) is 12.9. The van der Waals surface area contributed by atoms with Gasteiger partial charge < -0.3 is 19.5 Å². The maximum atomic E-state index is 13.5. The summed E-state index contributed by atoms with van der Waals surface area (Å²) < 4.78 is 82.1. The molecule has 28 heavy (non-hydrogen) atoms. The molecule has 0 saturated carbocycles. The number of nitrogens with one attached hydrogen (secondary N) is 1. The predicted octanol–water partition coefficient (Wildman–Crippen LogP) is 3.71. The maximum Gasteiger partial charge on any atom is 0.258 e. The quantitative estimate of drug-likeness (QED) is 0.413. The summed E-state index contributed by atoms with van der Waals surface area (Å²) >= 11 is 3.31. The molecule has 0 saturated heterocycles. The van der Waals surface area contributed by atoms with Crippen molar-refractivity contribution in [2.24, 2.45) is 0 Å². The van der Waals surface area contributed by atoms with Crippen LogP contribution in [0.5, 0.6) is 11.5 Å². The van der Waals surface area contributed by atoms with E-state index in [4.69, 9.17) is 9.47 Å². The third-order valence-corrected chi connectivity index (χ3v) is 4.20. The first-order valence-electron chi connectivity index (χ1n) is 7.72. The molecule has 2 aromatic carbocycles. The van der Waals surface area contributed by atoms with E-state index in [1.165, 1.54) is 0 Å². The number of hydrogen-bond acceptors (Lipinski definition) is 4. The molecule has 0 atom stereocenters. The lowest BCUT2D eigenvalue weighted by Crippen LogP contribution is -2.29. The van der Waals surface area contributed by atoms with Gasteiger partial charge in [0.1, 0.15) is 5.75 Å². The molecule has 11 heteroatoms. The lowest BCUT2D eigenvalue weighted by molar-refractivity contribution is -0.123. The molecule has 1 aliphatic rings. The standard InChI is InChI=1S/C17H11BrF5NO4/c18-9-1-7(16-8(2-9)4-26-6-28-16)3-24-10(25)5-27-17-14(22)12(20)11(19)13(21)15(17)23/h1-2H,3-6H2,(H,24,25). The molecular formula is C17H11BrF5NO4. The van der Waals surface area contributed by atoms with Gasteiger partial charge in [-0.3, -0.25) is 4.79 Å². The van der Waals surface area contributed by atoms with E-state index in [0.717, 1.165) is 5.56 Å². The predicted molar refractivity (Wildman–Crippen MR) is 88.0 cm³/mol. The van der Waals surface area contributed by atoms with E-state index in [2.05, 4.69) is 26.0 Å². The Labute approximate surface area is 163 Å². The summed E-state index contributed by atoms with van der Waals surface area (Å²) in [4.78, 5) is 11.9. The van der Waals surface area contributed by atoms with E-state index in [9.17, 15) is 26.7 Å². The van der Waals surface area contributed by atoms with Crippen LogP contribution in [0.1, 0.15) is 11.1 Å². The number of carbonyl (C=O) groups excluding carboxylic acids is 1. The van der Waals surface area contributed by atoms with Gasteiger partial charge in [0, 0.05) is 22.1 Å². The molecule has 3 rings (SSSR count). The van der Waals surface area contributed by atoms with Crippen molar-refractivity contribution in [3.05, 3.63) is 56.8 Å². The third kappa shape index (κ3) is 4.04. The Hall–Kier alpha value is -2.40. The number of rotatable bonds is 5. The maximum absolute atomic E-state index is 13.5. The number of hydrogen-bond donors (Lipinski definition) is 1. The Kier molecular flexibility index (Phi) is 6.04. The average molecular weight is 468 g/mol. The Morgan fingerprint density at radius 1 is 1.07 bits per heavy atom. The SMILES string of the molecule is O=C(COc1c(F)c(F)c(F)c(F)c1F)NCc1cc(Br)cc2c1OCOC2. The van der Waals surface area contributed by atoms with Crippen LogP contribution in [0.3, 0.4) is 0 Å². The number of amides is 1. The lowest BCUT2D eigenvalue weighted by atomic mass is 10.1. The average Bonchev–Trinajstić information content (AvgIpc) is 2.68. The molecule has 5 nitrogen and oxygen atoms in total. The zero-order chi connectivity index (χ0) is 20.4. The molecule has 0 unspecified atom stereocenters. The van der Waals surface area contributed by atoms with Gasteiger partial charge in [-0.1, -0.05) is 15.9 Å². The monoisotopic (exact) mass is 467 g/mol. The zero-order valence-corrected chi connectivity index (χ0v) is 15.5. The van der Waals surface area contributed by atoms with Crippen molar-refractivity contribution < 1.29 is 41.0 Å². The van der Waals surface area contributed by atoms with Crippen LogP contribution in [0.2, 0.25) is 0 Å². The molecule has 0 bridgehead atoms. The van der Waals surface area contributed by atoms with Gasteiger partial charge in [-0.25, -0.2) is 13.2 Å². The van der Waals surface area contributed by atoms with Gasteiger partial charge >= 0.3 is 0 Å². The molecule has 1 aliphatic heterocycles. The minimum absolute atomic E-state index is 0.0267. The van der Waals surface area contributed by atoms with Gasteiger partial charge in [-0.05, 0) is 12.1 Å². The molecule has 2 aromatic rings. The third-order valence-electron chi connectivity index (χ3n) is 3.74. The fraction of sp³-hybridized carbons (Fsp3) is 0.235. The fourth-order valence-corrected chi connectivity index (χ4v) is 3.03. The number of benzene rings is 2. The van der Waals surface area contributed by atoms with Crippen LogP contribution >= 0.6 is 15.9 Å². The van der Waals surface area contributed by atoms with Crippen LogP contribution in [0.4, 0.5) is 22.0 Å². The first-order chi connectivity index (χ1) is 13.3. The van der Waals surface area contributed by atoms with Crippen LogP contribution < -0.4 is 14.8 Å². The minimum Gasteiger partial charge on any atom is -0.477 e. The van der Waals surface area contributed by atoms with Gasteiger partial charge in [0.15, 0.2) is 19.1 Å². The number of fused-ring (bicyclic) bond motifs is 1. The summed E-state index contributed by atoms with van der Waals surface area (Å²) in [6.07, 6.45) is 0. The molecule has 0 fully saturated rings. The van der Waals surface area contributed by atoms with Crippen LogP contribution in [0.15, 0.2) is 16.6 Å². The topological polar surface area (TPSA) is 56.8 Å². The van der Waals surface area contributed by atoms with Crippen LogP contribution in [-0.4, -0.2) is 19.3 Å². The summed E-state index contributed by atoms with van der Waals surface area (Å²) in [5.74, 6) is -12.8. The highest BCUT2D eigenvalue weighted by Crippen LogP contribution is 2.32. The van der Waals surface area contributed by atoms with E-state index in [0.29, 0.717) is 22.4 Å². The highest BCUT2D eigenvalue weighted by molar-refractivity contribution is 9.10. The van der Waals surface area contributed by atoms with E-state index < -0.39 is 47.3 Å². The Morgan fingerprint density at radius 2 is 1.71 bits per heavy atom. The highest BCUT2D eigenvalue weighted by atomic mass is 79.9. The van der Waals surface area contributed by atoms with Crippen molar-refractivity contribution in [3.63, 3.8) is 0 Å². The van der Waals surface area contributed by atoms with E-state index >= 15 is 0 Å². The number of ether oxygens (including phenoxy) is 3. The van der Waals surface area contributed by atoms with Crippen molar-refractivity contribution in [2.75, 3.05) is 13.4 Å². The van der Waals surface area contributed by atoms with Crippen molar-refractivity contribution in [1.82, 2.24) is 5.32 Å². The van der Waals surface area contributed by atoms with Crippen LogP contribution in [0.25, 0.3) is 0 Å². The molecule has 0 aromatic heterocycles. The van der Waals surface area contributed by atoms with Crippen molar-refractivity contribution >= 4 is 21.8 Å². The molecule has 1 amide bonds. The largest absolute Gasteiger partial charge is 0.477 e. The molecule has 150 valence electrons. The van der Waals surface area contributed by atoms with E-state index in [1.807, 2.05) is 0 Å². The lowest BCUT2D eigenvalue weighted by Gasteiger charge is -2.21. The summed E-state index contributed by atoms with van der Waals surface area (Å²) in [6, 6.07) is 3.47. The summed E-state index contributed by atoms with van der Waals surface area (Å²) in [5.41, 5.74) is 1.35. The van der Waals surface area contributed by atoms with E-state index in [-0.39, 0.29) is 13.3 Å². The van der Waals surface area contributed by atoms with Gasteiger partial charge in [0.2, 0.25) is 29.1 Å². The zero-order valence-electron chi connectivity index (χ0n) is 13.9. The molecule has 1 N–H and O–H groups in total. The summed E-state index contributed by atoms with van der Waals surface area (Å²) in [6.45, 7) is -0.627. The first-order valence-corrected chi connectivity index (χ1v) is 8.51. The van der Waals surface area contributed by atoms with Gasteiger partial charge in [-0.15, -0.1) is 0 Å². The second kappa shape index (κ2) is 8.31. The number of carbonyl (C=O) groups is 1. The molecule has 0 spiro atoms. The van der Waals surface area contributed by atoms with Gasteiger partial charge in [-0.2, -0.15) is 8.78 Å².